The molecule has 0 unspecified atom stereocenters. The normalized spacial score (nSPS) is 25.3. The highest BCUT2D eigenvalue weighted by molar-refractivity contribution is 5.81. The van der Waals surface area contributed by atoms with Crippen molar-refractivity contribution in [1.82, 2.24) is 0 Å². The summed E-state index contributed by atoms with van der Waals surface area (Å²) in [6.07, 6.45) is 0.440. The molecule has 1 fully saturated rings. The minimum atomic E-state index is -1.30. The zero-order chi connectivity index (χ0) is 14.3. The molecule has 4 nitrogen and oxygen atoms in total. The average molecular weight is 264 g/mol. The van der Waals surface area contributed by atoms with Gasteiger partial charge in [-0.2, -0.15) is 0 Å². The SMILES string of the molecule is COc1ccc(C)cc1[C@@]1(C(=O)O)CC(C)(C)CO1. The van der Waals surface area contributed by atoms with Crippen LogP contribution in [0.3, 0.4) is 0 Å². The van der Waals surface area contributed by atoms with Crippen molar-refractivity contribution >= 4 is 5.97 Å². The molecule has 0 spiro atoms. The Morgan fingerprint density at radius 3 is 2.58 bits per heavy atom. The summed E-state index contributed by atoms with van der Waals surface area (Å²) < 4.78 is 11.0. The van der Waals surface area contributed by atoms with Crippen LogP contribution >= 0.6 is 0 Å². The fourth-order valence-electron chi connectivity index (χ4n) is 2.66. The van der Waals surface area contributed by atoms with E-state index in [1.807, 2.05) is 32.9 Å². The maximum Gasteiger partial charge on any atom is 0.340 e. The van der Waals surface area contributed by atoms with E-state index in [-0.39, 0.29) is 5.41 Å². The zero-order valence-electron chi connectivity index (χ0n) is 11.8. The average Bonchev–Trinajstić information content (AvgIpc) is 2.67. The third-order valence-electron chi connectivity index (χ3n) is 3.57. The lowest BCUT2D eigenvalue weighted by Crippen LogP contribution is -2.36. The van der Waals surface area contributed by atoms with Crippen LogP contribution in [0.15, 0.2) is 18.2 Å². The van der Waals surface area contributed by atoms with Crippen molar-refractivity contribution in [3.05, 3.63) is 29.3 Å². The maximum absolute atomic E-state index is 11.8. The molecule has 0 aromatic heterocycles. The van der Waals surface area contributed by atoms with Crippen LogP contribution in [0.25, 0.3) is 0 Å². The molecule has 0 aliphatic carbocycles. The molecule has 104 valence electrons. The van der Waals surface area contributed by atoms with Crippen molar-refractivity contribution in [1.29, 1.82) is 0 Å². The topological polar surface area (TPSA) is 55.8 Å². The summed E-state index contributed by atoms with van der Waals surface area (Å²) >= 11 is 0. The fraction of sp³-hybridized carbons (Fsp3) is 0.533. The summed E-state index contributed by atoms with van der Waals surface area (Å²) in [5.41, 5.74) is 0.131. The van der Waals surface area contributed by atoms with Gasteiger partial charge in [0.15, 0.2) is 5.60 Å². The van der Waals surface area contributed by atoms with Crippen LogP contribution < -0.4 is 4.74 Å². The first-order valence-electron chi connectivity index (χ1n) is 6.33. The predicted octanol–water partition coefficient (Wildman–Crippen LogP) is 2.73. The molecule has 19 heavy (non-hydrogen) atoms. The highest BCUT2D eigenvalue weighted by atomic mass is 16.5. The summed E-state index contributed by atoms with van der Waals surface area (Å²) in [5.74, 6) is -0.396. The maximum atomic E-state index is 11.8. The van der Waals surface area contributed by atoms with Gasteiger partial charge >= 0.3 is 5.97 Å². The molecule has 0 bridgehead atoms. The number of ether oxygens (including phenoxy) is 2. The summed E-state index contributed by atoms with van der Waals surface area (Å²) in [4.78, 5) is 11.8. The Morgan fingerprint density at radius 1 is 1.42 bits per heavy atom. The largest absolute Gasteiger partial charge is 0.496 e. The van der Waals surface area contributed by atoms with Gasteiger partial charge in [0.1, 0.15) is 5.75 Å². The second kappa shape index (κ2) is 4.53. The van der Waals surface area contributed by atoms with E-state index in [0.717, 1.165) is 5.56 Å². The third kappa shape index (κ3) is 2.32. The number of carboxylic acids is 1. The predicted molar refractivity (Wildman–Crippen MR) is 71.4 cm³/mol. The number of aryl methyl sites for hydroxylation is 1. The van der Waals surface area contributed by atoms with Crippen LogP contribution in [0.1, 0.15) is 31.4 Å². The first-order chi connectivity index (χ1) is 8.81. The Balaban J connectivity index is 2.58. The van der Waals surface area contributed by atoms with E-state index in [4.69, 9.17) is 9.47 Å². The second-order valence-electron chi connectivity index (χ2n) is 5.97. The Kier molecular flexibility index (Phi) is 3.31. The van der Waals surface area contributed by atoms with Gasteiger partial charge in [-0.1, -0.05) is 25.5 Å². The fourth-order valence-corrected chi connectivity index (χ4v) is 2.66. The molecule has 1 aliphatic heterocycles. The van der Waals surface area contributed by atoms with Crippen molar-refractivity contribution in [2.24, 2.45) is 5.41 Å². The molecule has 1 aromatic carbocycles. The summed E-state index contributed by atoms with van der Waals surface area (Å²) in [7, 11) is 1.55. The van der Waals surface area contributed by atoms with E-state index in [9.17, 15) is 9.90 Å². The lowest BCUT2D eigenvalue weighted by atomic mass is 9.80. The molecule has 1 heterocycles. The summed E-state index contributed by atoms with van der Waals surface area (Å²) in [6, 6.07) is 5.54. The number of rotatable bonds is 3. The summed E-state index contributed by atoms with van der Waals surface area (Å²) in [6.45, 7) is 6.38. The van der Waals surface area contributed by atoms with E-state index < -0.39 is 11.6 Å². The molecular formula is C15H20O4. The van der Waals surface area contributed by atoms with Gasteiger partial charge in [-0.25, -0.2) is 4.79 Å². The molecule has 0 saturated carbocycles. The molecule has 1 aromatic rings. The number of hydrogen-bond donors (Lipinski definition) is 1. The van der Waals surface area contributed by atoms with Gasteiger partial charge < -0.3 is 14.6 Å². The Hall–Kier alpha value is -1.55. The number of methoxy groups -OCH3 is 1. The smallest absolute Gasteiger partial charge is 0.340 e. The van der Waals surface area contributed by atoms with Crippen molar-refractivity contribution in [2.75, 3.05) is 13.7 Å². The van der Waals surface area contributed by atoms with Crippen LogP contribution in [0, 0.1) is 12.3 Å². The zero-order valence-corrected chi connectivity index (χ0v) is 11.8. The van der Waals surface area contributed by atoms with Crippen molar-refractivity contribution in [2.45, 2.75) is 32.8 Å². The number of carbonyl (C=O) groups is 1. The monoisotopic (exact) mass is 264 g/mol. The Morgan fingerprint density at radius 2 is 2.11 bits per heavy atom. The van der Waals surface area contributed by atoms with Crippen LogP contribution in [0.5, 0.6) is 5.75 Å². The van der Waals surface area contributed by atoms with Gasteiger partial charge in [-0.05, 0) is 30.9 Å². The number of carboxylic acid groups (broad SMARTS) is 1. The number of hydrogen-bond acceptors (Lipinski definition) is 3. The quantitative estimate of drug-likeness (QED) is 0.912. The molecule has 0 amide bonds. The number of benzene rings is 1. The van der Waals surface area contributed by atoms with Crippen LogP contribution in [-0.2, 0) is 15.1 Å². The van der Waals surface area contributed by atoms with E-state index in [1.165, 1.54) is 0 Å². The van der Waals surface area contributed by atoms with E-state index in [1.54, 1.807) is 13.2 Å². The van der Waals surface area contributed by atoms with Crippen LogP contribution in [0.4, 0.5) is 0 Å². The van der Waals surface area contributed by atoms with E-state index in [2.05, 4.69) is 0 Å². The van der Waals surface area contributed by atoms with E-state index in [0.29, 0.717) is 24.3 Å². The standard InChI is InChI=1S/C15H20O4/c1-10-5-6-12(18-4)11(7-10)15(13(16)17)8-14(2,3)9-19-15/h5-7H,8-9H2,1-4H3,(H,16,17)/t15-/m1/s1. The number of aliphatic carboxylic acids is 1. The lowest BCUT2D eigenvalue weighted by Gasteiger charge is -2.27. The minimum absolute atomic E-state index is 0.160. The van der Waals surface area contributed by atoms with Crippen LogP contribution in [0.2, 0.25) is 0 Å². The highest BCUT2D eigenvalue weighted by Crippen LogP contribution is 2.48. The van der Waals surface area contributed by atoms with Crippen LogP contribution in [-0.4, -0.2) is 24.8 Å². The molecule has 1 aliphatic rings. The molecule has 4 heteroatoms. The van der Waals surface area contributed by atoms with Gasteiger partial charge in [-0.15, -0.1) is 0 Å². The Labute approximate surface area is 113 Å². The molecule has 1 atom stereocenters. The van der Waals surface area contributed by atoms with Gasteiger partial charge in [0, 0.05) is 5.56 Å². The van der Waals surface area contributed by atoms with E-state index >= 15 is 0 Å². The molecule has 1 saturated heterocycles. The third-order valence-corrected chi connectivity index (χ3v) is 3.57. The highest BCUT2D eigenvalue weighted by Gasteiger charge is 2.53. The molecule has 1 N–H and O–H groups in total. The van der Waals surface area contributed by atoms with Gasteiger partial charge in [0.2, 0.25) is 0 Å². The van der Waals surface area contributed by atoms with Gasteiger partial charge in [-0.3, -0.25) is 0 Å². The van der Waals surface area contributed by atoms with Crippen molar-refractivity contribution < 1.29 is 19.4 Å². The summed E-state index contributed by atoms with van der Waals surface area (Å²) in [5, 5.41) is 9.68. The first kappa shape index (κ1) is 13.9. The van der Waals surface area contributed by atoms with Crippen molar-refractivity contribution in [3.63, 3.8) is 0 Å². The van der Waals surface area contributed by atoms with Gasteiger partial charge in [0.05, 0.1) is 13.7 Å². The second-order valence-corrected chi connectivity index (χ2v) is 5.97. The Bertz CT molecular complexity index is 507. The lowest BCUT2D eigenvalue weighted by molar-refractivity contribution is -0.161. The minimum Gasteiger partial charge on any atom is -0.496 e. The molecule has 2 rings (SSSR count). The van der Waals surface area contributed by atoms with Gasteiger partial charge in [0.25, 0.3) is 0 Å². The first-order valence-corrected chi connectivity index (χ1v) is 6.33. The van der Waals surface area contributed by atoms with Crippen molar-refractivity contribution in [3.8, 4) is 5.75 Å². The molecule has 0 radical (unpaired) electrons. The molecular weight excluding hydrogens is 244 g/mol.